The van der Waals surface area contributed by atoms with Crippen LogP contribution in [-0.2, 0) is 19.6 Å². The summed E-state index contributed by atoms with van der Waals surface area (Å²) in [6.07, 6.45) is 3.17. The number of carbonyl (C=O) groups is 2. The second kappa shape index (κ2) is 12.1. The van der Waals surface area contributed by atoms with Crippen molar-refractivity contribution in [1.82, 2.24) is 19.8 Å². The number of sulfonamides is 1. The Morgan fingerprint density at radius 2 is 1.76 bits per heavy atom. The summed E-state index contributed by atoms with van der Waals surface area (Å²) in [4.78, 5) is 29.9. The molecule has 0 bridgehead atoms. The summed E-state index contributed by atoms with van der Waals surface area (Å²) in [7, 11) is -4.06. The van der Waals surface area contributed by atoms with Gasteiger partial charge in [-0.15, -0.1) is 0 Å². The van der Waals surface area contributed by atoms with Crippen molar-refractivity contribution >= 4 is 38.6 Å². The van der Waals surface area contributed by atoms with Gasteiger partial charge in [-0.1, -0.05) is 37.3 Å². The van der Waals surface area contributed by atoms with E-state index in [0.717, 1.165) is 43.0 Å². The van der Waals surface area contributed by atoms with E-state index in [4.69, 9.17) is 11.1 Å². The summed E-state index contributed by atoms with van der Waals surface area (Å²) in [5.74, 6) is -0.124. The molecule has 1 unspecified atom stereocenters. The van der Waals surface area contributed by atoms with E-state index >= 15 is 0 Å². The fourth-order valence-electron chi connectivity index (χ4n) is 5.18. The number of carbonyl (C=O) groups excluding carboxylic acids is 2. The first-order valence-corrected chi connectivity index (χ1v) is 14.8. The van der Waals surface area contributed by atoms with Crippen LogP contribution in [0.2, 0.25) is 0 Å². The molecule has 0 aliphatic carbocycles. The van der Waals surface area contributed by atoms with Crippen LogP contribution in [0.4, 0.5) is 0 Å². The van der Waals surface area contributed by atoms with E-state index < -0.39 is 22.0 Å². The Kier molecular flexibility index (Phi) is 8.88. The van der Waals surface area contributed by atoms with E-state index in [2.05, 4.69) is 17.0 Å². The first kappa shape index (κ1) is 27.8. The predicted octanol–water partition coefficient (Wildman–Crippen LogP) is 1.86. The molecule has 2 saturated heterocycles. The van der Waals surface area contributed by atoms with Crippen molar-refractivity contribution in [3.63, 3.8) is 0 Å². The largest absolute Gasteiger partial charge is 0.370 e. The van der Waals surface area contributed by atoms with E-state index in [1.54, 1.807) is 21.9 Å². The number of rotatable bonds is 8. The lowest BCUT2D eigenvalue weighted by molar-refractivity contribution is -0.136. The molecule has 2 fully saturated rings. The molecule has 2 amide bonds. The molecule has 206 valence electrons. The number of nitrogens with two attached hydrogens (primary N) is 1. The van der Waals surface area contributed by atoms with E-state index in [1.807, 2.05) is 24.3 Å². The minimum absolute atomic E-state index is 0.0191. The molecule has 5 N–H and O–H groups in total. The maximum atomic E-state index is 13.5. The molecule has 0 radical (unpaired) electrons. The zero-order chi connectivity index (χ0) is 27.3. The third-order valence-corrected chi connectivity index (χ3v) is 9.03. The molecule has 10 nitrogen and oxygen atoms in total. The van der Waals surface area contributed by atoms with Crippen LogP contribution < -0.4 is 15.8 Å². The summed E-state index contributed by atoms with van der Waals surface area (Å²) in [6, 6.07) is 11.1. The van der Waals surface area contributed by atoms with Gasteiger partial charge in [-0.25, -0.2) is 8.42 Å². The van der Waals surface area contributed by atoms with E-state index in [9.17, 15) is 18.0 Å². The van der Waals surface area contributed by atoms with Crippen LogP contribution in [-0.4, -0.2) is 74.8 Å². The second-order valence-corrected chi connectivity index (χ2v) is 12.3. The molecule has 2 aromatic carbocycles. The van der Waals surface area contributed by atoms with Gasteiger partial charge in [-0.2, -0.15) is 4.72 Å². The van der Waals surface area contributed by atoms with Gasteiger partial charge >= 0.3 is 0 Å². The van der Waals surface area contributed by atoms with Gasteiger partial charge in [0.05, 0.1) is 11.3 Å². The van der Waals surface area contributed by atoms with Gasteiger partial charge in [0.2, 0.25) is 21.8 Å². The fraction of sp³-hybridized carbons (Fsp3) is 0.519. The van der Waals surface area contributed by atoms with Crippen LogP contribution in [0.25, 0.3) is 10.8 Å². The molecule has 11 heteroatoms. The molecule has 2 aliphatic rings. The van der Waals surface area contributed by atoms with Crippen molar-refractivity contribution < 1.29 is 18.0 Å². The van der Waals surface area contributed by atoms with Gasteiger partial charge in [0.15, 0.2) is 5.96 Å². The van der Waals surface area contributed by atoms with Crippen LogP contribution in [0.5, 0.6) is 0 Å². The number of guanidine groups is 1. The molecule has 2 aliphatic heterocycles. The Balaban J connectivity index is 1.46. The van der Waals surface area contributed by atoms with Crippen molar-refractivity contribution in [2.75, 3.05) is 32.7 Å². The number of nitrogens with zero attached hydrogens (tertiary/aromatic N) is 2. The Labute approximate surface area is 224 Å². The highest BCUT2D eigenvalue weighted by atomic mass is 32.2. The van der Waals surface area contributed by atoms with E-state index in [-0.39, 0.29) is 29.1 Å². The molecule has 2 aromatic rings. The fourth-order valence-corrected chi connectivity index (χ4v) is 6.41. The van der Waals surface area contributed by atoms with Crippen LogP contribution in [0.3, 0.4) is 0 Å². The minimum Gasteiger partial charge on any atom is -0.370 e. The average Bonchev–Trinajstić information content (AvgIpc) is 2.91. The Morgan fingerprint density at radius 1 is 1.05 bits per heavy atom. The lowest BCUT2D eigenvalue weighted by Crippen LogP contribution is -2.52. The standard InChI is InChI=1S/C27H38N6O4S/c1-19-10-13-32(14-11-19)26(35)24(16-25(34)30-17-20-5-4-12-33(18-20)27(28)29)31-38(36,37)23-9-8-21-6-2-3-7-22(21)15-23/h2-3,6-9,15,19-20,24,31H,4-5,10-14,16-18H2,1H3,(H3,28,29)(H,30,34)/t20?,24-/m1/s1. The topological polar surface area (TPSA) is 149 Å². The maximum absolute atomic E-state index is 13.5. The Hall–Kier alpha value is -3.18. The summed E-state index contributed by atoms with van der Waals surface area (Å²) in [5, 5.41) is 12.2. The zero-order valence-electron chi connectivity index (χ0n) is 21.9. The SMILES string of the molecule is CC1CCN(C(=O)[C@@H](CC(=O)NCC2CCCN(C(=N)N)C2)NS(=O)(=O)c2ccc3ccccc3c2)CC1. The molecule has 38 heavy (non-hydrogen) atoms. The van der Waals surface area contributed by atoms with Crippen LogP contribution >= 0.6 is 0 Å². The van der Waals surface area contributed by atoms with E-state index in [0.29, 0.717) is 32.1 Å². The molecule has 2 heterocycles. The number of hydrogen-bond donors (Lipinski definition) is 4. The third-order valence-electron chi connectivity index (χ3n) is 7.56. The van der Waals surface area contributed by atoms with Crippen molar-refractivity contribution in [2.24, 2.45) is 17.6 Å². The molecule has 0 saturated carbocycles. The van der Waals surface area contributed by atoms with Gasteiger partial charge < -0.3 is 20.9 Å². The third kappa shape index (κ3) is 7.02. The predicted molar refractivity (Wildman–Crippen MR) is 147 cm³/mol. The van der Waals surface area contributed by atoms with Crippen LogP contribution in [0.1, 0.15) is 39.0 Å². The number of likely N-dealkylation sites (tertiary alicyclic amines) is 2. The van der Waals surface area contributed by atoms with Gasteiger partial charge in [0, 0.05) is 32.7 Å². The number of amides is 2. The lowest BCUT2D eigenvalue weighted by Gasteiger charge is -2.34. The number of benzene rings is 2. The first-order valence-electron chi connectivity index (χ1n) is 13.3. The number of fused-ring (bicyclic) bond motifs is 1. The quantitative estimate of drug-likeness (QED) is 0.296. The van der Waals surface area contributed by atoms with Gasteiger partial charge in [-0.05, 0) is 60.4 Å². The van der Waals surface area contributed by atoms with Crippen LogP contribution in [0, 0.1) is 17.2 Å². The monoisotopic (exact) mass is 542 g/mol. The molecule has 0 spiro atoms. The van der Waals surface area contributed by atoms with Crippen molar-refractivity contribution in [2.45, 2.75) is 50.0 Å². The molecule has 4 rings (SSSR count). The number of piperidine rings is 2. The van der Waals surface area contributed by atoms with Gasteiger partial charge in [-0.3, -0.25) is 15.0 Å². The summed E-state index contributed by atoms with van der Waals surface area (Å²) < 4.78 is 29.3. The molecular weight excluding hydrogens is 504 g/mol. The summed E-state index contributed by atoms with van der Waals surface area (Å²) in [6.45, 7) is 4.90. The summed E-state index contributed by atoms with van der Waals surface area (Å²) >= 11 is 0. The maximum Gasteiger partial charge on any atom is 0.241 e. The average molecular weight is 543 g/mol. The van der Waals surface area contributed by atoms with Crippen molar-refractivity contribution in [3.8, 4) is 0 Å². The zero-order valence-corrected chi connectivity index (χ0v) is 22.7. The number of hydrogen-bond acceptors (Lipinski definition) is 5. The van der Waals surface area contributed by atoms with Crippen molar-refractivity contribution in [3.05, 3.63) is 42.5 Å². The smallest absolute Gasteiger partial charge is 0.241 e. The second-order valence-electron chi connectivity index (χ2n) is 10.5. The molecular formula is C27H38N6O4S. The Bertz CT molecular complexity index is 1280. The highest BCUT2D eigenvalue weighted by molar-refractivity contribution is 7.89. The van der Waals surface area contributed by atoms with Crippen LogP contribution in [0.15, 0.2) is 47.4 Å². The lowest BCUT2D eigenvalue weighted by atomic mass is 9.97. The highest BCUT2D eigenvalue weighted by Crippen LogP contribution is 2.21. The molecule has 2 atom stereocenters. The molecule has 0 aromatic heterocycles. The van der Waals surface area contributed by atoms with Gasteiger partial charge in [0.1, 0.15) is 6.04 Å². The minimum atomic E-state index is -4.06. The van der Waals surface area contributed by atoms with Gasteiger partial charge in [0.25, 0.3) is 0 Å². The highest BCUT2D eigenvalue weighted by Gasteiger charge is 2.33. The number of nitrogens with one attached hydrogen (secondary N) is 3. The first-order chi connectivity index (χ1) is 18.1. The normalized spacial score (nSPS) is 19.8. The summed E-state index contributed by atoms with van der Waals surface area (Å²) in [5.41, 5.74) is 5.62. The Morgan fingerprint density at radius 3 is 2.47 bits per heavy atom. The van der Waals surface area contributed by atoms with E-state index in [1.165, 1.54) is 6.07 Å². The van der Waals surface area contributed by atoms with Crippen molar-refractivity contribution in [1.29, 1.82) is 5.41 Å².